The second-order valence-electron chi connectivity index (χ2n) is 5.72. The Morgan fingerprint density at radius 3 is 2.43 bits per heavy atom. The van der Waals surface area contributed by atoms with Crippen molar-refractivity contribution in [3.05, 3.63) is 64.1 Å². The van der Waals surface area contributed by atoms with Crippen LogP contribution in [-0.4, -0.2) is 24.4 Å². The van der Waals surface area contributed by atoms with Crippen LogP contribution in [0.4, 0.5) is 5.69 Å². The first-order valence-corrected chi connectivity index (χ1v) is 8.26. The van der Waals surface area contributed by atoms with Gasteiger partial charge in [-0.15, -0.1) is 0 Å². The maximum atomic E-state index is 12.3. The molecule has 0 saturated carbocycles. The number of amides is 2. The third-order valence-electron chi connectivity index (χ3n) is 3.91. The van der Waals surface area contributed by atoms with E-state index in [1.54, 1.807) is 17.0 Å². The predicted molar refractivity (Wildman–Crippen MR) is 93.5 cm³/mol. The monoisotopic (exact) mass is 372 g/mol. The second-order valence-corrected chi connectivity index (χ2v) is 6.64. The number of carbonyl (C=O) groups excluding carboxylic acids is 2. The van der Waals surface area contributed by atoms with Crippen LogP contribution >= 0.6 is 15.9 Å². The fourth-order valence-corrected chi connectivity index (χ4v) is 2.91. The zero-order valence-corrected chi connectivity index (χ0v) is 14.3. The maximum Gasteiger partial charge on any atom is 0.251 e. The first kappa shape index (κ1) is 15.7. The summed E-state index contributed by atoms with van der Waals surface area (Å²) >= 11 is 3.35. The third kappa shape index (κ3) is 3.62. The van der Waals surface area contributed by atoms with Crippen molar-refractivity contribution in [1.82, 2.24) is 5.32 Å². The smallest absolute Gasteiger partial charge is 0.251 e. The molecule has 23 heavy (non-hydrogen) atoms. The highest BCUT2D eigenvalue weighted by Gasteiger charge is 2.31. The summed E-state index contributed by atoms with van der Waals surface area (Å²) in [5, 5.41) is 2.94. The number of benzene rings is 2. The van der Waals surface area contributed by atoms with Gasteiger partial charge in [0.1, 0.15) is 0 Å². The molecule has 1 atom stereocenters. The van der Waals surface area contributed by atoms with Gasteiger partial charge >= 0.3 is 0 Å². The molecule has 2 amide bonds. The quantitative estimate of drug-likeness (QED) is 0.898. The van der Waals surface area contributed by atoms with Gasteiger partial charge in [-0.3, -0.25) is 9.59 Å². The largest absolute Gasteiger partial charge is 0.347 e. The normalized spacial score (nSPS) is 17.4. The van der Waals surface area contributed by atoms with Gasteiger partial charge < -0.3 is 10.2 Å². The number of hydrogen-bond acceptors (Lipinski definition) is 2. The molecule has 0 spiro atoms. The van der Waals surface area contributed by atoms with Gasteiger partial charge in [-0.25, -0.2) is 0 Å². The van der Waals surface area contributed by atoms with E-state index in [9.17, 15) is 9.59 Å². The van der Waals surface area contributed by atoms with Gasteiger partial charge in [-0.1, -0.05) is 33.6 Å². The fraction of sp³-hybridized carbons (Fsp3) is 0.222. The number of anilines is 1. The van der Waals surface area contributed by atoms with Crippen molar-refractivity contribution in [3.8, 4) is 0 Å². The molecule has 1 fully saturated rings. The zero-order chi connectivity index (χ0) is 16.4. The van der Waals surface area contributed by atoms with Crippen LogP contribution in [0.5, 0.6) is 0 Å². The molecule has 0 aliphatic carbocycles. The van der Waals surface area contributed by atoms with Crippen LogP contribution in [-0.2, 0) is 4.79 Å². The van der Waals surface area contributed by atoms with Crippen molar-refractivity contribution in [3.63, 3.8) is 0 Å². The highest BCUT2D eigenvalue weighted by Crippen LogP contribution is 2.22. The molecule has 2 aromatic carbocycles. The van der Waals surface area contributed by atoms with Gasteiger partial charge in [0.2, 0.25) is 5.91 Å². The van der Waals surface area contributed by atoms with Crippen LogP contribution < -0.4 is 10.2 Å². The lowest BCUT2D eigenvalue weighted by Crippen LogP contribution is -2.37. The Balaban J connectivity index is 1.66. The van der Waals surface area contributed by atoms with E-state index in [0.717, 1.165) is 15.7 Å². The summed E-state index contributed by atoms with van der Waals surface area (Å²) in [6.45, 7) is 2.51. The molecule has 1 saturated heterocycles. The third-order valence-corrected chi connectivity index (χ3v) is 4.44. The fourth-order valence-electron chi connectivity index (χ4n) is 2.65. The molecule has 0 bridgehead atoms. The number of hydrogen-bond donors (Lipinski definition) is 1. The van der Waals surface area contributed by atoms with E-state index in [4.69, 9.17) is 0 Å². The molecule has 1 aliphatic rings. The van der Waals surface area contributed by atoms with E-state index >= 15 is 0 Å². The maximum absolute atomic E-state index is 12.3. The topological polar surface area (TPSA) is 49.4 Å². The molecular weight excluding hydrogens is 356 g/mol. The minimum absolute atomic E-state index is 0.0370. The Morgan fingerprint density at radius 1 is 1.13 bits per heavy atom. The van der Waals surface area contributed by atoms with Gasteiger partial charge in [0.15, 0.2) is 0 Å². The molecule has 2 aromatic rings. The number of nitrogens with zero attached hydrogens (tertiary/aromatic N) is 1. The molecule has 1 aliphatic heterocycles. The molecule has 1 unspecified atom stereocenters. The highest BCUT2D eigenvalue weighted by atomic mass is 79.9. The number of rotatable bonds is 3. The van der Waals surface area contributed by atoms with Crippen molar-refractivity contribution >= 4 is 33.4 Å². The summed E-state index contributed by atoms with van der Waals surface area (Å²) in [4.78, 5) is 26.2. The number of aryl methyl sites for hydroxylation is 1. The molecule has 5 heteroatoms. The van der Waals surface area contributed by atoms with E-state index in [2.05, 4.69) is 21.2 Å². The average Bonchev–Trinajstić information content (AvgIpc) is 2.89. The van der Waals surface area contributed by atoms with E-state index < -0.39 is 0 Å². The van der Waals surface area contributed by atoms with E-state index in [1.807, 2.05) is 43.3 Å². The van der Waals surface area contributed by atoms with Crippen molar-refractivity contribution in [2.75, 3.05) is 11.4 Å². The lowest BCUT2D eigenvalue weighted by atomic mass is 10.2. The second kappa shape index (κ2) is 6.54. The van der Waals surface area contributed by atoms with Crippen LogP contribution in [0.1, 0.15) is 22.3 Å². The van der Waals surface area contributed by atoms with Crippen molar-refractivity contribution in [1.29, 1.82) is 0 Å². The van der Waals surface area contributed by atoms with Gasteiger partial charge in [0.25, 0.3) is 5.91 Å². The molecule has 118 valence electrons. The standard InChI is InChI=1S/C18H17BrN2O2/c1-12-2-8-16(9-3-12)21-11-15(10-17(21)22)20-18(23)13-4-6-14(19)7-5-13/h2-9,15H,10-11H2,1H3,(H,20,23). The molecule has 4 nitrogen and oxygen atoms in total. The Morgan fingerprint density at radius 2 is 1.78 bits per heavy atom. The predicted octanol–water partition coefficient (Wildman–Crippen LogP) is 3.29. The zero-order valence-electron chi connectivity index (χ0n) is 12.8. The van der Waals surface area contributed by atoms with E-state index in [-0.39, 0.29) is 17.9 Å². The highest BCUT2D eigenvalue weighted by molar-refractivity contribution is 9.10. The van der Waals surface area contributed by atoms with Crippen LogP contribution in [0.3, 0.4) is 0 Å². The average molecular weight is 373 g/mol. The first-order valence-electron chi connectivity index (χ1n) is 7.46. The van der Waals surface area contributed by atoms with Gasteiger partial charge in [0.05, 0.1) is 6.04 Å². The summed E-state index contributed by atoms with van der Waals surface area (Å²) in [6.07, 6.45) is 0.330. The van der Waals surface area contributed by atoms with E-state index in [0.29, 0.717) is 18.5 Å². The minimum Gasteiger partial charge on any atom is -0.347 e. The molecule has 0 aromatic heterocycles. The first-order chi connectivity index (χ1) is 11.0. The number of halogens is 1. The van der Waals surface area contributed by atoms with Gasteiger partial charge in [-0.05, 0) is 43.3 Å². The van der Waals surface area contributed by atoms with Crippen LogP contribution in [0.2, 0.25) is 0 Å². The number of carbonyl (C=O) groups is 2. The van der Waals surface area contributed by atoms with Crippen LogP contribution in [0.25, 0.3) is 0 Å². The van der Waals surface area contributed by atoms with Crippen LogP contribution in [0.15, 0.2) is 53.0 Å². The van der Waals surface area contributed by atoms with Gasteiger partial charge in [0, 0.05) is 28.7 Å². The Kier molecular flexibility index (Phi) is 4.48. The SMILES string of the molecule is Cc1ccc(N2CC(NC(=O)c3ccc(Br)cc3)CC2=O)cc1. The van der Waals surface area contributed by atoms with Crippen molar-refractivity contribution in [2.24, 2.45) is 0 Å². The van der Waals surface area contributed by atoms with Crippen LogP contribution in [0, 0.1) is 6.92 Å². The summed E-state index contributed by atoms with van der Waals surface area (Å²) < 4.78 is 0.927. The summed E-state index contributed by atoms with van der Waals surface area (Å²) in [6, 6.07) is 14.8. The molecular formula is C18H17BrN2O2. The lowest BCUT2D eigenvalue weighted by Gasteiger charge is -2.17. The van der Waals surface area contributed by atoms with E-state index in [1.165, 1.54) is 0 Å². The lowest BCUT2D eigenvalue weighted by molar-refractivity contribution is -0.117. The summed E-state index contributed by atoms with van der Waals surface area (Å²) in [5.74, 6) is -0.115. The Hall–Kier alpha value is -2.14. The van der Waals surface area contributed by atoms with Gasteiger partial charge in [-0.2, -0.15) is 0 Å². The number of nitrogens with one attached hydrogen (secondary N) is 1. The van der Waals surface area contributed by atoms with Crippen molar-refractivity contribution in [2.45, 2.75) is 19.4 Å². The Bertz CT molecular complexity index is 726. The summed E-state index contributed by atoms with van der Waals surface area (Å²) in [7, 11) is 0. The molecule has 3 rings (SSSR count). The minimum atomic E-state index is -0.167. The molecule has 1 heterocycles. The summed E-state index contributed by atoms with van der Waals surface area (Å²) in [5.41, 5.74) is 2.62. The Labute approximate surface area is 143 Å². The molecule has 1 N–H and O–H groups in total. The van der Waals surface area contributed by atoms with Crippen molar-refractivity contribution < 1.29 is 9.59 Å². The molecule has 0 radical (unpaired) electrons.